The number of hydrogen-bond acceptors (Lipinski definition) is 2. The summed E-state index contributed by atoms with van der Waals surface area (Å²) in [4.78, 5) is 0. The lowest BCUT2D eigenvalue weighted by Crippen LogP contribution is -2.15. The maximum atomic E-state index is 6.21. The monoisotopic (exact) mass is 303 g/mol. The third-order valence-electron chi connectivity index (χ3n) is 3.92. The van der Waals surface area contributed by atoms with Crippen LogP contribution in [0.2, 0.25) is 5.02 Å². The van der Waals surface area contributed by atoms with Crippen molar-refractivity contribution in [1.29, 1.82) is 0 Å². The smallest absolute Gasteiger partial charge is 0.0672 e. The highest BCUT2D eigenvalue weighted by Crippen LogP contribution is 2.30. The van der Waals surface area contributed by atoms with Gasteiger partial charge in [0.05, 0.1) is 5.69 Å². The summed E-state index contributed by atoms with van der Waals surface area (Å²) < 4.78 is 2.03. The third kappa shape index (κ3) is 3.47. The molecule has 1 aliphatic carbocycles. The van der Waals surface area contributed by atoms with Crippen molar-refractivity contribution in [3.05, 3.63) is 40.7 Å². The van der Waals surface area contributed by atoms with E-state index in [0.717, 1.165) is 30.2 Å². The summed E-state index contributed by atoms with van der Waals surface area (Å²) in [5.74, 6) is 0. The van der Waals surface area contributed by atoms with Crippen LogP contribution in [-0.4, -0.2) is 15.8 Å². The molecule has 0 saturated heterocycles. The number of benzene rings is 1. The summed E-state index contributed by atoms with van der Waals surface area (Å²) in [7, 11) is 0. The van der Waals surface area contributed by atoms with Crippen molar-refractivity contribution in [3.8, 4) is 11.1 Å². The molecule has 0 spiro atoms. The molecular formula is C17H22ClN3. The van der Waals surface area contributed by atoms with E-state index in [0.29, 0.717) is 6.04 Å². The van der Waals surface area contributed by atoms with Gasteiger partial charge in [-0.25, -0.2) is 0 Å². The Hall–Kier alpha value is -1.32. The summed E-state index contributed by atoms with van der Waals surface area (Å²) in [6.07, 6.45) is 5.84. The maximum absolute atomic E-state index is 6.21. The largest absolute Gasteiger partial charge is 0.310 e. The predicted molar refractivity (Wildman–Crippen MR) is 87.6 cm³/mol. The summed E-state index contributed by atoms with van der Waals surface area (Å²) in [6, 6.07) is 6.87. The highest BCUT2D eigenvalue weighted by Gasteiger charge is 2.21. The first-order valence-electron chi connectivity index (χ1n) is 7.73. The van der Waals surface area contributed by atoms with Crippen molar-refractivity contribution >= 4 is 11.6 Å². The van der Waals surface area contributed by atoms with Crippen molar-refractivity contribution in [1.82, 2.24) is 15.1 Å². The number of halogens is 1. The zero-order valence-corrected chi connectivity index (χ0v) is 13.5. The molecule has 1 heterocycles. The van der Waals surface area contributed by atoms with E-state index in [2.05, 4.69) is 42.6 Å². The highest BCUT2D eigenvalue weighted by molar-refractivity contribution is 6.30. The van der Waals surface area contributed by atoms with Gasteiger partial charge in [0, 0.05) is 35.9 Å². The highest BCUT2D eigenvalue weighted by atomic mass is 35.5. The van der Waals surface area contributed by atoms with E-state index in [-0.39, 0.29) is 0 Å². The van der Waals surface area contributed by atoms with Gasteiger partial charge >= 0.3 is 0 Å². The van der Waals surface area contributed by atoms with E-state index in [4.69, 9.17) is 11.6 Å². The van der Waals surface area contributed by atoms with Gasteiger partial charge in [0.25, 0.3) is 0 Å². The van der Waals surface area contributed by atoms with Crippen LogP contribution in [0.15, 0.2) is 24.4 Å². The van der Waals surface area contributed by atoms with Gasteiger partial charge in [-0.3, -0.25) is 4.68 Å². The van der Waals surface area contributed by atoms with E-state index in [1.54, 1.807) is 0 Å². The molecule has 112 valence electrons. The fraction of sp³-hybridized carbons (Fsp3) is 0.471. The molecule has 1 aromatic heterocycles. The van der Waals surface area contributed by atoms with Crippen molar-refractivity contribution in [2.24, 2.45) is 0 Å². The fourth-order valence-electron chi connectivity index (χ4n) is 2.62. The average Bonchev–Trinajstić information content (AvgIpc) is 3.21. The van der Waals surface area contributed by atoms with Crippen LogP contribution >= 0.6 is 11.6 Å². The molecule has 2 aromatic rings. The first-order chi connectivity index (χ1) is 10.2. The second-order valence-electron chi connectivity index (χ2n) is 5.85. The summed E-state index contributed by atoms with van der Waals surface area (Å²) >= 11 is 6.21. The van der Waals surface area contributed by atoms with Crippen LogP contribution in [0.4, 0.5) is 0 Å². The molecule has 0 radical (unpaired) electrons. The summed E-state index contributed by atoms with van der Waals surface area (Å²) in [5.41, 5.74) is 4.76. The zero-order chi connectivity index (χ0) is 14.8. The molecule has 0 unspecified atom stereocenters. The van der Waals surface area contributed by atoms with Crippen LogP contribution in [0.3, 0.4) is 0 Å². The van der Waals surface area contributed by atoms with Crippen molar-refractivity contribution in [2.45, 2.75) is 52.2 Å². The van der Waals surface area contributed by atoms with Gasteiger partial charge in [-0.2, -0.15) is 5.10 Å². The van der Waals surface area contributed by atoms with Crippen LogP contribution in [0.5, 0.6) is 0 Å². The molecule has 1 N–H and O–H groups in total. The third-order valence-corrected chi connectivity index (χ3v) is 4.15. The molecule has 1 aliphatic rings. The van der Waals surface area contributed by atoms with Gasteiger partial charge in [0.2, 0.25) is 0 Å². The molecule has 1 aromatic carbocycles. The van der Waals surface area contributed by atoms with E-state index >= 15 is 0 Å². The summed E-state index contributed by atoms with van der Waals surface area (Å²) in [6.45, 7) is 6.09. The Morgan fingerprint density at radius 2 is 2.14 bits per heavy atom. The lowest BCUT2D eigenvalue weighted by Gasteiger charge is -2.10. The number of rotatable bonds is 6. The number of nitrogens with one attached hydrogen (secondary N) is 1. The van der Waals surface area contributed by atoms with Crippen LogP contribution in [0, 0.1) is 6.92 Å². The van der Waals surface area contributed by atoms with E-state index in [1.165, 1.54) is 29.5 Å². The van der Waals surface area contributed by atoms with Gasteiger partial charge in [-0.15, -0.1) is 0 Å². The molecule has 1 fully saturated rings. The molecule has 0 bridgehead atoms. The first kappa shape index (κ1) is 14.6. The number of nitrogens with zero attached hydrogens (tertiary/aromatic N) is 2. The van der Waals surface area contributed by atoms with Gasteiger partial charge in [-0.05, 0) is 49.4 Å². The Kier molecular flexibility index (Phi) is 4.32. The van der Waals surface area contributed by atoms with E-state index < -0.39 is 0 Å². The SMILES string of the molecule is CCCn1cc(-c2cc(Cl)ccc2CNC2CC2)c(C)n1. The van der Waals surface area contributed by atoms with Crippen molar-refractivity contribution in [2.75, 3.05) is 0 Å². The lowest BCUT2D eigenvalue weighted by molar-refractivity contribution is 0.598. The number of aryl methyl sites for hydroxylation is 2. The van der Waals surface area contributed by atoms with Gasteiger partial charge in [0.15, 0.2) is 0 Å². The van der Waals surface area contributed by atoms with E-state index in [9.17, 15) is 0 Å². The molecular weight excluding hydrogens is 282 g/mol. The maximum Gasteiger partial charge on any atom is 0.0672 e. The van der Waals surface area contributed by atoms with Crippen LogP contribution in [0.1, 0.15) is 37.4 Å². The molecule has 0 aliphatic heterocycles. The molecule has 4 heteroatoms. The molecule has 3 rings (SSSR count). The molecule has 0 atom stereocenters. The van der Waals surface area contributed by atoms with Crippen LogP contribution in [-0.2, 0) is 13.1 Å². The quantitative estimate of drug-likeness (QED) is 0.868. The Morgan fingerprint density at radius 3 is 2.86 bits per heavy atom. The molecule has 0 amide bonds. The Morgan fingerprint density at radius 1 is 1.33 bits per heavy atom. The Balaban J connectivity index is 1.92. The van der Waals surface area contributed by atoms with E-state index in [1.807, 2.05) is 10.7 Å². The predicted octanol–water partition coefficient (Wildman–Crippen LogP) is 4.17. The first-order valence-corrected chi connectivity index (χ1v) is 8.11. The Bertz CT molecular complexity index is 629. The lowest BCUT2D eigenvalue weighted by atomic mass is 10.0. The average molecular weight is 304 g/mol. The summed E-state index contributed by atoms with van der Waals surface area (Å²) in [5, 5.41) is 8.97. The molecule has 3 nitrogen and oxygen atoms in total. The topological polar surface area (TPSA) is 29.9 Å². The van der Waals surface area contributed by atoms with Crippen molar-refractivity contribution in [3.63, 3.8) is 0 Å². The number of hydrogen-bond donors (Lipinski definition) is 1. The normalized spacial score (nSPS) is 14.6. The minimum absolute atomic E-state index is 0.706. The van der Waals surface area contributed by atoms with Crippen LogP contribution in [0.25, 0.3) is 11.1 Å². The van der Waals surface area contributed by atoms with Gasteiger partial charge < -0.3 is 5.32 Å². The molecule has 21 heavy (non-hydrogen) atoms. The van der Waals surface area contributed by atoms with Crippen LogP contribution < -0.4 is 5.32 Å². The minimum Gasteiger partial charge on any atom is -0.310 e. The van der Waals surface area contributed by atoms with Gasteiger partial charge in [-0.1, -0.05) is 24.6 Å². The van der Waals surface area contributed by atoms with Crippen molar-refractivity contribution < 1.29 is 0 Å². The Labute approximate surface area is 131 Å². The standard InChI is InChI=1S/C17H22ClN3/c1-3-8-21-11-17(12(2)20-21)16-9-14(18)5-4-13(16)10-19-15-6-7-15/h4-5,9,11,15,19H,3,6-8,10H2,1-2H3. The van der Waals surface area contributed by atoms with Gasteiger partial charge in [0.1, 0.15) is 0 Å². The molecule has 1 saturated carbocycles. The number of aromatic nitrogens is 2. The zero-order valence-electron chi connectivity index (χ0n) is 12.7. The second-order valence-corrected chi connectivity index (χ2v) is 6.28. The minimum atomic E-state index is 0.706. The fourth-order valence-corrected chi connectivity index (χ4v) is 2.79. The second kappa shape index (κ2) is 6.20.